The van der Waals surface area contributed by atoms with Gasteiger partial charge in [-0.2, -0.15) is 4.52 Å². The predicted molar refractivity (Wildman–Crippen MR) is 80.5 cm³/mol. The molecule has 0 aliphatic carbocycles. The number of carbonyl (C=O) groups is 1. The first-order chi connectivity index (χ1) is 10.7. The quantitative estimate of drug-likeness (QED) is 0.770. The first-order valence-electron chi connectivity index (χ1n) is 7.00. The number of furan rings is 1. The van der Waals surface area contributed by atoms with Gasteiger partial charge in [-0.3, -0.25) is 5.32 Å². The van der Waals surface area contributed by atoms with Crippen LogP contribution in [-0.4, -0.2) is 32.2 Å². The van der Waals surface area contributed by atoms with Crippen LogP contribution in [0.5, 0.6) is 0 Å². The maximum atomic E-state index is 11.8. The molecule has 3 heterocycles. The van der Waals surface area contributed by atoms with E-state index in [-0.39, 0.29) is 6.03 Å². The Morgan fingerprint density at radius 2 is 2.27 bits per heavy atom. The summed E-state index contributed by atoms with van der Waals surface area (Å²) in [5, 5.41) is 9.72. The Morgan fingerprint density at radius 3 is 3.00 bits per heavy atom. The largest absolute Gasteiger partial charge is 0.461 e. The van der Waals surface area contributed by atoms with Crippen molar-refractivity contribution in [3.63, 3.8) is 0 Å². The topological polar surface area (TPSA) is 97.3 Å². The molecule has 2 amide bonds. The molecule has 114 valence electrons. The van der Waals surface area contributed by atoms with Crippen molar-refractivity contribution in [1.29, 1.82) is 0 Å². The van der Waals surface area contributed by atoms with E-state index in [0.29, 0.717) is 35.4 Å². The van der Waals surface area contributed by atoms with Gasteiger partial charge in [0.2, 0.25) is 5.82 Å². The maximum absolute atomic E-state index is 11.8. The monoisotopic (exact) mass is 300 g/mol. The van der Waals surface area contributed by atoms with Gasteiger partial charge in [0.05, 0.1) is 6.26 Å². The van der Waals surface area contributed by atoms with Gasteiger partial charge in [0.1, 0.15) is 11.6 Å². The summed E-state index contributed by atoms with van der Waals surface area (Å²) in [6.45, 7) is 4.38. The van der Waals surface area contributed by atoms with Crippen LogP contribution in [0.3, 0.4) is 0 Å². The minimum absolute atomic E-state index is 0.305. The van der Waals surface area contributed by atoms with Crippen molar-refractivity contribution in [2.75, 3.05) is 11.9 Å². The Morgan fingerprint density at radius 1 is 1.41 bits per heavy atom. The first kappa shape index (κ1) is 14.1. The van der Waals surface area contributed by atoms with Gasteiger partial charge >= 0.3 is 6.03 Å². The first-order valence-corrected chi connectivity index (χ1v) is 7.00. The Hall–Kier alpha value is -2.90. The van der Waals surface area contributed by atoms with Crippen LogP contribution in [0, 0.1) is 6.92 Å². The van der Waals surface area contributed by atoms with Gasteiger partial charge < -0.3 is 9.73 Å². The lowest BCUT2D eigenvalue weighted by Gasteiger charge is -2.08. The van der Waals surface area contributed by atoms with Crippen molar-refractivity contribution in [3.05, 3.63) is 30.3 Å². The second kappa shape index (κ2) is 5.84. The molecule has 3 aromatic rings. The average molecular weight is 300 g/mol. The zero-order chi connectivity index (χ0) is 15.5. The summed E-state index contributed by atoms with van der Waals surface area (Å²) in [6.07, 6.45) is 2.42. The van der Waals surface area contributed by atoms with E-state index in [4.69, 9.17) is 4.42 Å². The number of urea groups is 1. The van der Waals surface area contributed by atoms with Crippen LogP contribution < -0.4 is 10.6 Å². The van der Waals surface area contributed by atoms with E-state index in [0.717, 1.165) is 6.42 Å². The fraction of sp³-hybridized carbons (Fsp3) is 0.286. The van der Waals surface area contributed by atoms with Gasteiger partial charge in [-0.1, -0.05) is 6.92 Å². The lowest BCUT2D eigenvalue weighted by Crippen LogP contribution is -2.29. The standard InChI is InChI=1S/C14H16N6O2/c1-3-6-15-14(21)18-11-8-12-16-9(2)19-20(12)13(17-11)10-5-4-7-22-10/h4-5,7-8H,3,6H2,1-2H3,(H2,15,18,21). The van der Waals surface area contributed by atoms with E-state index >= 15 is 0 Å². The highest BCUT2D eigenvalue weighted by atomic mass is 16.3. The third-order valence-electron chi connectivity index (χ3n) is 2.95. The Bertz CT molecular complexity index is 793. The molecule has 0 unspecified atom stereocenters. The smallest absolute Gasteiger partial charge is 0.320 e. The molecular weight excluding hydrogens is 284 g/mol. The summed E-state index contributed by atoms with van der Waals surface area (Å²) in [5.41, 5.74) is 0.588. The number of fused-ring (bicyclic) bond motifs is 1. The molecule has 3 rings (SSSR count). The summed E-state index contributed by atoms with van der Waals surface area (Å²) in [4.78, 5) is 20.5. The molecule has 2 N–H and O–H groups in total. The van der Waals surface area contributed by atoms with Crippen molar-refractivity contribution in [2.45, 2.75) is 20.3 Å². The fourth-order valence-electron chi connectivity index (χ4n) is 2.03. The normalized spacial score (nSPS) is 10.8. The van der Waals surface area contributed by atoms with E-state index in [1.165, 1.54) is 0 Å². The lowest BCUT2D eigenvalue weighted by atomic mass is 10.4. The second-order valence-electron chi connectivity index (χ2n) is 4.75. The second-order valence-corrected chi connectivity index (χ2v) is 4.75. The fourth-order valence-corrected chi connectivity index (χ4v) is 2.03. The summed E-state index contributed by atoms with van der Waals surface area (Å²) < 4.78 is 6.97. The van der Waals surface area contributed by atoms with Gasteiger partial charge in [-0.25, -0.2) is 14.8 Å². The molecule has 0 radical (unpaired) electrons. The maximum Gasteiger partial charge on any atom is 0.320 e. The van der Waals surface area contributed by atoms with Gasteiger partial charge in [-0.15, -0.1) is 5.10 Å². The molecule has 0 aromatic carbocycles. The van der Waals surface area contributed by atoms with Gasteiger partial charge in [0.25, 0.3) is 0 Å². The predicted octanol–water partition coefficient (Wildman–Crippen LogP) is 2.22. The lowest BCUT2D eigenvalue weighted by molar-refractivity contribution is 0.252. The van der Waals surface area contributed by atoms with Crippen molar-refractivity contribution in [1.82, 2.24) is 24.9 Å². The average Bonchev–Trinajstić information content (AvgIpc) is 3.12. The number of rotatable bonds is 4. The van der Waals surface area contributed by atoms with Crippen LogP contribution in [0.4, 0.5) is 10.6 Å². The Labute approximate surface area is 126 Å². The molecular formula is C14H16N6O2. The van der Waals surface area contributed by atoms with E-state index in [1.54, 1.807) is 35.9 Å². The summed E-state index contributed by atoms with van der Waals surface area (Å²) >= 11 is 0. The third kappa shape index (κ3) is 2.76. The number of nitrogens with one attached hydrogen (secondary N) is 2. The molecule has 8 heteroatoms. The molecule has 8 nitrogen and oxygen atoms in total. The molecule has 0 aliphatic heterocycles. The molecule has 0 aliphatic rings. The van der Waals surface area contributed by atoms with E-state index in [9.17, 15) is 4.79 Å². The van der Waals surface area contributed by atoms with Crippen LogP contribution in [0.25, 0.3) is 17.2 Å². The molecule has 0 atom stereocenters. The van der Waals surface area contributed by atoms with E-state index in [1.807, 2.05) is 6.92 Å². The van der Waals surface area contributed by atoms with Gasteiger partial charge in [0.15, 0.2) is 11.4 Å². The van der Waals surface area contributed by atoms with Crippen LogP contribution >= 0.6 is 0 Å². The van der Waals surface area contributed by atoms with Gasteiger partial charge in [0, 0.05) is 12.6 Å². The number of carbonyl (C=O) groups excluding carboxylic acids is 1. The molecule has 0 fully saturated rings. The Kier molecular flexibility index (Phi) is 3.73. The third-order valence-corrected chi connectivity index (χ3v) is 2.95. The Balaban J connectivity index is 2.00. The van der Waals surface area contributed by atoms with Gasteiger partial charge in [-0.05, 0) is 25.5 Å². The molecule has 0 saturated carbocycles. The van der Waals surface area contributed by atoms with E-state index in [2.05, 4.69) is 25.7 Å². The number of hydrogen-bond donors (Lipinski definition) is 2. The number of nitrogens with zero attached hydrogens (tertiary/aromatic N) is 4. The highest BCUT2D eigenvalue weighted by Crippen LogP contribution is 2.21. The summed E-state index contributed by atoms with van der Waals surface area (Å²) in [7, 11) is 0. The number of anilines is 1. The number of amides is 2. The highest BCUT2D eigenvalue weighted by molar-refractivity contribution is 5.88. The molecule has 0 spiro atoms. The van der Waals surface area contributed by atoms with E-state index < -0.39 is 0 Å². The zero-order valence-electron chi connectivity index (χ0n) is 12.3. The molecule has 0 saturated heterocycles. The van der Waals surface area contributed by atoms with Crippen LogP contribution in [0.2, 0.25) is 0 Å². The van der Waals surface area contributed by atoms with Crippen LogP contribution in [0.15, 0.2) is 28.9 Å². The SMILES string of the molecule is CCCNC(=O)Nc1cc2nc(C)nn2c(-c2ccco2)n1. The minimum atomic E-state index is -0.305. The van der Waals surface area contributed by atoms with Crippen molar-refractivity contribution < 1.29 is 9.21 Å². The number of hydrogen-bond acceptors (Lipinski definition) is 5. The number of aromatic nitrogens is 4. The zero-order valence-corrected chi connectivity index (χ0v) is 12.3. The molecule has 3 aromatic heterocycles. The van der Waals surface area contributed by atoms with Crippen molar-refractivity contribution in [2.24, 2.45) is 0 Å². The minimum Gasteiger partial charge on any atom is -0.461 e. The molecule has 0 bridgehead atoms. The highest BCUT2D eigenvalue weighted by Gasteiger charge is 2.14. The van der Waals surface area contributed by atoms with Crippen LogP contribution in [-0.2, 0) is 0 Å². The van der Waals surface area contributed by atoms with Crippen LogP contribution in [0.1, 0.15) is 19.2 Å². The molecule has 22 heavy (non-hydrogen) atoms. The summed E-state index contributed by atoms with van der Waals surface area (Å²) in [6, 6.07) is 4.90. The van der Waals surface area contributed by atoms with Crippen molar-refractivity contribution in [3.8, 4) is 11.6 Å². The number of aryl methyl sites for hydroxylation is 1. The summed E-state index contributed by atoms with van der Waals surface area (Å²) in [5.74, 6) is 2.03. The van der Waals surface area contributed by atoms with Crippen molar-refractivity contribution >= 4 is 17.5 Å².